The normalized spacial score (nSPS) is 14.3. The third kappa shape index (κ3) is 5.65. The van der Waals surface area contributed by atoms with Crippen LogP contribution >= 0.6 is 0 Å². The third-order valence-corrected chi connectivity index (χ3v) is 5.73. The molecule has 0 aromatic heterocycles. The van der Waals surface area contributed by atoms with E-state index in [1.165, 1.54) is 43.5 Å². The van der Waals surface area contributed by atoms with E-state index >= 15 is 0 Å². The van der Waals surface area contributed by atoms with Gasteiger partial charge in [-0.05, 0) is 79.1 Å². The lowest BCUT2D eigenvalue weighted by Gasteiger charge is -2.26. The average Bonchev–Trinajstić information content (AvgIpc) is 2.88. The number of carbonyl (C=O) groups excluding carboxylic acids is 4. The molecule has 4 rings (SSSR count). The second-order valence-corrected chi connectivity index (χ2v) is 8.54. The van der Waals surface area contributed by atoms with E-state index < -0.39 is 17.8 Å². The lowest BCUT2D eigenvalue weighted by molar-refractivity contribution is -0.122. The second kappa shape index (κ2) is 10.9. The number of benzene rings is 3. The maximum atomic E-state index is 13.0. The number of amides is 5. The average molecular weight is 516 g/mol. The Kier molecular flexibility index (Phi) is 7.43. The van der Waals surface area contributed by atoms with Crippen molar-refractivity contribution in [2.24, 2.45) is 0 Å². The summed E-state index contributed by atoms with van der Waals surface area (Å²) in [6.45, 7) is 3.55. The van der Waals surface area contributed by atoms with E-state index in [4.69, 9.17) is 9.47 Å². The summed E-state index contributed by atoms with van der Waals surface area (Å²) >= 11 is 0. The van der Waals surface area contributed by atoms with Crippen LogP contribution < -0.4 is 25.0 Å². The number of aryl methyl sites for hydroxylation is 2. The summed E-state index contributed by atoms with van der Waals surface area (Å²) in [5.41, 5.74) is 2.96. The molecule has 10 heteroatoms. The lowest BCUT2D eigenvalue weighted by atomic mass is 10.1. The highest BCUT2D eigenvalue weighted by molar-refractivity contribution is 6.39. The van der Waals surface area contributed by atoms with Crippen LogP contribution in [0.2, 0.25) is 0 Å². The third-order valence-electron chi connectivity index (χ3n) is 5.73. The van der Waals surface area contributed by atoms with E-state index in [9.17, 15) is 24.3 Å². The summed E-state index contributed by atoms with van der Waals surface area (Å²) in [7, 11) is 1.42. The summed E-state index contributed by atoms with van der Waals surface area (Å²) in [4.78, 5) is 51.1. The van der Waals surface area contributed by atoms with Crippen LogP contribution in [0.5, 0.6) is 17.2 Å². The van der Waals surface area contributed by atoms with Crippen molar-refractivity contribution in [2.75, 3.05) is 23.9 Å². The molecule has 3 N–H and O–H groups in total. The SMILES string of the molecule is COc1cc(/C=C2/C(=O)NC(=O)N(c3ccc(O)cc3)C2=O)ccc1OCC(=O)Nc1cc(C)ccc1C. The van der Waals surface area contributed by atoms with Crippen LogP contribution in [0.15, 0.2) is 66.2 Å². The van der Waals surface area contributed by atoms with Crippen LogP contribution in [0.25, 0.3) is 6.08 Å². The lowest BCUT2D eigenvalue weighted by Crippen LogP contribution is -2.54. The van der Waals surface area contributed by atoms with Crippen LogP contribution in [0, 0.1) is 13.8 Å². The molecule has 194 valence electrons. The number of nitrogens with zero attached hydrogens (tertiary/aromatic N) is 1. The molecule has 3 aromatic carbocycles. The summed E-state index contributed by atoms with van der Waals surface area (Å²) in [5, 5.41) is 14.4. The zero-order valence-electron chi connectivity index (χ0n) is 20.9. The molecule has 0 radical (unpaired) electrons. The molecule has 0 bridgehead atoms. The van der Waals surface area contributed by atoms with E-state index in [0.717, 1.165) is 16.0 Å². The molecule has 0 saturated carbocycles. The number of barbiturate groups is 1. The topological polar surface area (TPSA) is 134 Å². The Labute approximate surface area is 218 Å². The Morgan fingerprint density at radius 1 is 1.00 bits per heavy atom. The molecule has 38 heavy (non-hydrogen) atoms. The Morgan fingerprint density at radius 3 is 2.45 bits per heavy atom. The number of phenolic OH excluding ortho intramolecular Hbond substituents is 1. The van der Waals surface area contributed by atoms with Crippen LogP contribution in [0.4, 0.5) is 16.2 Å². The molecule has 3 aromatic rings. The molecular formula is C28H25N3O7. The van der Waals surface area contributed by atoms with Gasteiger partial charge in [-0.3, -0.25) is 19.7 Å². The number of anilines is 2. The fourth-order valence-corrected chi connectivity index (χ4v) is 3.75. The first-order valence-corrected chi connectivity index (χ1v) is 11.5. The highest BCUT2D eigenvalue weighted by atomic mass is 16.5. The minimum absolute atomic E-state index is 0.0392. The first-order valence-electron chi connectivity index (χ1n) is 11.5. The molecule has 10 nitrogen and oxygen atoms in total. The van der Waals surface area contributed by atoms with Gasteiger partial charge in [0.1, 0.15) is 11.3 Å². The van der Waals surface area contributed by atoms with Crippen molar-refractivity contribution < 1.29 is 33.8 Å². The van der Waals surface area contributed by atoms with Crippen molar-refractivity contribution in [3.63, 3.8) is 0 Å². The summed E-state index contributed by atoms with van der Waals surface area (Å²) in [6.07, 6.45) is 1.32. The van der Waals surface area contributed by atoms with Gasteiger partial charge in [0.15, 0.2) is 18.1 Å². The number of phenols is 1. The highest BCUT2D eigenvalue weighted by Crippen LogP contribution is 2.30. The van der Waals surface area contributed by atoms with Gasteiger partial charge in [0.2, 0.25) is 0 Å². The molecular weight excluding hydrogens is 490 g/mol. The van der Waals surface area contributed by atoms with Crippen LogP contribution in [0.1, 0.15) is 16.7 Å². The van der Waals surface area contributed by atoms with Crippen molar-refractivity contribution in [2.45, 2.75) is 13.8 Å². The van der Waals surface area contributed by atoms with Crippen molar-refractivity contribution >= 4 is 41.2 Å². The predicted octanol–water partition coefficient (Wildman–Crippen LogP) is 3.70. The number of ether oxygens (including phenoxy) is 2. The zero-order valence-corrected chi connectivity index (χ0v) is 20.9. The minimum Gasteiger partial charge on any atom is -0.508 e. The number of urea groups is 1. The Morgan fingerprint density at radius 2 is 1.74 bits per heavy atom. The van der Waals surface area contributed by atoms with Crippen LogP contribution in [-0.4, -0.2) is 42.6 Å². The van der Waals surface area contributed by atoms with Gasteiger partial charge in [-0.15, -0.1) is 0 Å². The fourth-order valence-electron chi connectivity index (χ4n) is 3.75. The first kappa shape index (κ1) is 26.0. The van der Waals surface area contributed by atoms with Gasteiger partial charge in [-0.1, -0.05) is 18.2 Å². The first-order chi connectivity index (χ1) is 18.2. The summed E-state index contributed by atoms with van der Waals surface area (Å²) < 4.78 is 11.0. The van der Waals surface area contributed by atoms with Crippen molar-refractivity contribution in [3.8, 4) is 17.2 Å². The maximum absolute atomic E-state index is 13.0. The summed E-state index contributed by atoms with van der Waals surface area (Å²) in [6, 6.07) is 14.9. The largest absolute Gasteiger partial charge is 0.508 e. The second-order valence-electron chi connectivity index (χ2n) is 8.54. The molecule has 0 spiro atoms. The van der Waals surface area contributed by atoms with Crippen LogP contribution in [-0.2, 0) is 14.4 Å². The standard InChI is InChI=1S/C28H25N3O7/c1-16-4-5-17(2)22(12-16)29-25(33)15-38-23-11-6-18(14-24(23)37-3)13-21-26(34)30-28(36)31(27(21)35)19-7-9-20(32)10-8-19/h4-14,32H,15H2,1-3H3,(H,29,33)(H,30,34,36)/b21-13-. The van der Waals surface area contributed by atoms with E-state index in [2.05, 4.69) is 10.6 Å². The smallest absolute Gasteiger partial charge is 0.335 e. The van der Waals surface area contributed by atoms with E-state index in [-0.39, 0.29) is 41.0 Å². The molecule has 5 amide bonds. The number of methoxy groups -OCH3 is 1. The predicted molar refractivity (Wildman–Crippen MR) is 140 cm³/mol. The van der Waals surface area contributed by atoms with Gasteiger partial charge >= 0.3 is 6.03 Å². The van der Waals surface area contributed by atoms with Gasteiger partial charge in [0.25, 0.3) is 17.7 Å². The highest BCUT2D eigenvalue weighted by Gasteiger charge is 2.36. The van der Waals surface area contributed by atoms with Gasteiger partial charge in [-0.2, -0.15) is 0 Å². The maximum Gasteiger partial charge on any atom is 0.335 e. The number of aromatic hydroxyl groups is 1. The van der Waals surface area contributed by atoms with Crippen molar-refractivity contribution in [1.82, 2.24) is 5.32 Å². The van der Waals surface area contributed by atoms with Crippen LogP contribution in [0.3, 0.4) is 0 Å². The van der Waals surface area contributed by atoms with Crippen molar-refractivity contribution in [1.29, 1.82) is 0 Å². The molecule has 1 heterocycles. The molecule has 0 aliphatic carbocycles. The van der Waals surface area contributed by atoms with E-state index in [1.54, 1.807) is 12.1 Å². The summed E-state index contributed by atoms with van der Waals surface area (Å²) in [5.74, 6) is -1.51. The molecule has 0 atom stereocenters. The molecule has 0 unspecified atom stereocenters. The zero-order chi connectivity index (χ0) is 27.4. The Hall–Kier alpha value is -5.12. The molecule has 1 fully saturated rings. The Balaban J connectivity index is 1.51. The monoisotopic (exact) mass is 515 g/mol. The number of rotatable bonds is 7. The van der Waals surface area contributed by atoms with Gasteiger partial charge < -0.3 is 19.9 Å². The number of nitrogens with one attached hydrogen (secondary N) is 2. The molecule has 1 aliphatic rings. The van der Waals surface area contributed by atoms with Gasteiger partial charge in [-0.25, -0.2) is 9.69 Å². The number of carbonyl (C=O) groups is 4. The Bertz CT molecular complexity index is 1460. The fraction of sp³-hybridized carbons (Fsp3) is 0.143. The van der Waals surface area contributed by atoms with Crippen molar-refractivity contribution in [3.05, 3.63) is 82.9 Å². The van der Waals surface area contributed by atoms with E-state index in [1.807, 2.05) is 32.0 Å². The quantitative estimate of drug-likeness (QED) is 0.323. The number of imide groups is 2. The van der Waals surface area contributed by atoms with Gasteiger partial charge in [0, 0.05) is 5.69 Å². The van der Waals surface area contributed by atoms with Gasteiger partial charge in [0.05, 0.1) is 12.8 Å². The number of hydrogen-bond donors (Lipinski definition) is 3. The molecule has 1 aliphatic heterocycles. The molecule has 1 saturated heterocycles. The van der Waals surface area contributed by atoms with E-state index in [0.29, 0.717) is 11.3 Å². The minimum atomic E-state index is -0.900. The number of hydrogen-bond acceptors (Lipinski definition) is 7.